The summed E-state index contributed by atoms with van der Waals surface area (Å²) in [6, 6.07) is 19.1. The Labute approximate surface area is 331 Å². The summed E-state index contributed by atoms with van der Waals surface area (Å²) >= 11 is -0.826. The molecule has 274 valence electrons. The normalized spacial score (nSPS) is 31.4. The molecule has 0 radical (unpaired) electrons. The van der Waals surface area contributed by atoms with Crippen molar-refractivity contribution in [2.24, 2.45) is 45.3 Å². The first-order valence-electron chi connectivity index (χ1n) is 19.2. The number of allylic oxidation sites excluding steroid dienone is 8. The molecule has 0 aliphatic heterocycles. The third kappa shape index (κ3) is 7.60. The average Bonchev–Trinajstić information content (AvgIpc) is 3.69. The minimum absolute atomic E-state index is 0. The van der Waals surface area contributed by atoms with Crippen LogP contribution in [-0.2, 0) is 20.8 Å². The van der Waals surface area contributed by atoms with Gasteiger partial charge in [0, 0.05) is 0 Å². The predicted molar refractivity (Wildman–Crippen MR) is 220 cm³/mol. The Bertz CT molecular complexity index is 1510. The first-order chi connectivity index (χ1) is 23.1. The van der Waals surface area contributed by atoms with Gasteiger partial charge in [-0.2, -0.15) is 0 Å². The topological polar surface area (TPSA) is 0 Å². The molecule has 0 saturated heterocycles. The van der Waals surface area contributed by atoms with E-state index in [1.165, 1.54) is 62.5 Å². The third-order valence-corrected chi connectivity index (χ3v) is 14.2. The Morgan fingerprint density at radius 1 is 0.451 bits per heavy atom. The number of fused-ring (bicyclic) bond motifs is 4. The van der Waals surface area contributed by atoms with E-state index in [9.17, 15) is 0 Å². The van der Waals surface area contributed by atoms with Crippen LogP contribution in [0.2, 0.25) is 0 Å². The fourth-order valence-electron chi connectivity index (χ4n) is 11.0. The van der Waals surface area contributed by atoms with Gasteiger partial charge in [0.15, 0.2) is 0 Å². The first kappa shape index (κ1) is 41.0. The molecule has 6 aliphatic carbocycles. The monoisotopic (exact) mass is 800 g/mol. The van der Waals surface area contributed by atoms with E-state index in [-0.39, 0.29) is 14.9 Å². The van der Waals surface area contributed by atoms with Crippen LogP contribution in [0.25, 0.3) is 11.1 Å². The first-order valence-corrected chi connectivity index (χ1v) is 25.5. The molecule has 3 heteroatoms. The van der Waals surface area contributed by atoms with E-state index in [1.54, 1.807) is 33.4 Å². The summed E-state index contributed by atoms with van der Waals surface area (Å²) in [6.45, 7) is 19.9. The molecule has 0 bridgehead atoms. The summed E-state index contributed by atoms with van der Waals surface area (Å²) in [4.78, 5) is 0. The van der Waals surface area contributed by atoms with Crippen LogP contribution in [0, 0.1) is 60.2 Å². The van der Waals surface area contributed by atoms with Crippen molar-refractivity contribution in [1.29, 1.82) is 0 Å². The van der Waals surface area contributed by atoms with Gasteiger partial charge in [0.05, 0.1) is 0 Å². The molecule has 4 fully saturated rings. The fraction of sp³-hybridized carbons (Fsp3) is 0.542. The summed E-state index contributed by atoms with van der Waals surface area (Å²) in [6.07, 6.45) is 21.4. The number of hydrogen-bond acceptors (Lipinski definition) is 0. The van der Waals surface area contributed by atoms with Gasteiger partial charge >= 0.3 is 37.9 Å². The Hall–Kier alpha value is -1.14. The number of rotatable bonds is 3. The van der Waals surface area contributed by atoms with Crippen LogP contribution in [-0.4, -0.2) is 0 Å². The molecule has 8 rings (SSSR count). The second kappa shape index (κ2) is 15.2. The quantitative estimate of drug-likeness (QED) is 0.271. The van der Waals surface area contributed by atoms with Crippen LogP contribution in [0.4, 0.5) is 0 Å². The second-order valence-corrected chi connectivity index (χ2v) is 22.8. The third-order valence-electron chi connectivity index (χ3n) is 14.2. The van der Waals surface area contributed by atoms with Gasteiger partial charge in [-0.25, -0.2) is 0 Å². The van der Waals surface area contributed by atoms with Crippen molar-refractivity contribution < 1.29 is 20.8 Å². The van der Waals surface area contributed by atoms with Crippen LogP contribution in [0.1, 0.15) is 130 Å². The van der Waals surface area contributed by atoms with Crippen LogP contribution in [0.3, 0.4) is 0 Å². The zero-order valence-corrected chi connectivity index (χ0v) is 37.3. The minimum atomic E-state index is -0.826. The maximum absolute atomic E-state index is 4.93. The summed E-state index contributed by atoms with van der Waals surface area (Å²) < 4.78 is 0. The zero-order valence-electron chi connectivity index (χ0n) is 33.3. The zero-order chi connectivity index (χ0) is 34.9. The molecule has 2 aromatic carbocycles. The van der Waals surface area contributed by atoms with E-state index in [0.29, 0.717) is 57.2 Å². The number of halogens is 2. The second-order valence-electron chi connectivity index (χ2n) is 19.1. The molecule has 0 N–H and O–H groups in total. The van der Waals surface area contributed by atoms with Crippen LogP contribution < -0.4 is 0 Å². The van der Waals surface area contributed by atoms with E-state index in [4.69, 9.17) is 17.0 Å². The van der Waals surface area contributed by atoms with Gasteiger partial charge in [0.2, 0.25) is 0 Å². The van der Waals surface area contributed by atoms with Gasteiger partial charge in [0.25, 0.3) is 0 Å². The molecular formula is C48H64Cl2Zr. The van der Waals surface area contributed by atoms with E-state index in [1.807, 2.05) is 0 Å². The van der Waals surface area contributed by atoms with Gasteiger partial charge in [0.1, 0.15) is 0 Å². The van der Waals surface area contributed by atoms with Crippen LogP contribution in [0.15, 0.2) is 95.1 Å². The Morgan fingerprint density at radius 3 is 0.941 bits per heavy atom. The van der Waals surface area contributed by atoms with Crippen molar-refractivity contribution in [3.8, 4) is 11.1 Å². The molecular weight excluding hydrogens is 739 g/mol. The van der Waals surface area contributed by atoms with Gasteiger partial charge in [-0.1, -0.05) is 128 Å². The Balaban J connectivity index is 0.000000975. The van der Waals surface area contributed by atoms with Crippen molar-refractivity contribution in [3.05, 3.63) is 121 Å². The summed E-state index contributed by atoms with van der Waals surface area (Å²) in [5.41, 5.74) is 14.1. The molecule has 4 unspecified atom stereocenters. The Kier molecular flexibility index (Phi) is 12.2. The number of benzene rings is 2. The predicted octanol–water partition coefficient (Wildman–Crippen LogP) is 15.3. The van der Waals surface area contributed by atoms with E-state index in [0.717, 1.165) is 0 Å². The molecule has 0 nitrogen and oxygen atoms in total. The van der Waals surface area contributed by atoms with Crippen molar-refractivity contribution >= 4 is 17.0 Å². The SMILES string of the molecule is CC1(C)CCC(C)(C)C2=CC3CC(c4ccccc4-c4ccccc4C4CC5C=C6C(=CC5C4)C(C)(C)CCC6(C)C)CC3C=C21.[CH3-].[CH3-].[Cl][Zr+2][Cl]. The van der Waals surface area contributed by atoms with Gasteiger partial charge in [-0.15, -0.1) is 0 Å². The summed E-state index contributed by atoms with van der Waals surface area (Å²) in [5.74, 6) is 3.94. The van der Waals surface area contributed by atoms with E-state index < -0.39 is 20.8 Å². The van der Waals surface area contributed by atoms with Crippen molar-refractivity contribution in [2.75, 3.05) is 0 Å². The molecule has 0 spiro atoms. The van der Waals surface area contributed by atoms with Crippen LogP contribution in [0.5, 0.6) is 0 Å². The summed E-state index contributed by atoms with van der Waals surface area (Å²) in [7, 11) is 9.87. The Morgan fingerprint density at radius 2 is 0.686 bits per heavy atom. The average molecular weight is 803 g/mol. The number of hydrogen-bond donors (Lipinski definition) is 0. The van der Waals surface area contributed by atoms with Gasteiger partial charge in [-0.3, -0.25) is 0 Å². The van der Waals surface area contributed by atoms with E-state index >= 15 is 0 Å². The van der Waals surface area contributed by atoms with Gasteiger partial charge in [-0.05, 0) is 153 Å². The maximum atomic E-state index is 4.93. The molecule has 0 aromatic heterocycles. The molecule has 0 amide bonds. The molecule has 4 saturated carbocycles. The standard InChI is InChI=1S/C46H58.2CH3.2ClH.Zr/c1-43(2)17-18-44(3,4)40-26-30-22-33(21-29(30)25-39(40)43)35-13-9-11-15-37(35)38-16-12-10-14-36(38)34-23-31-27-41-42(28-32(31)24-34)46(7,8)20-19-45(41,5)6;;;;;/h9-16,25-34H,17-24H2,1-8H3;2*1H3;2*1H;/q;2*-1;;;+4/p-2. The molecule has 51 heavy (non-hydrogen) atoms. The fourth-order valence-corrected chi connectivity index (χ4v) is 11.0. The molecule has 6 aliphatic rings. The molecule has 2 aromatic rings. The summed E-state index contributed by atoms with van der Waals surface area (Å²) in [5, 5.41) is 0. The molecule has 0 heterocycles. The molecule has 4 atom stereocenters. The van der Waals surface area contributed by atoms with Gasteiger partial charge < -0.3 is 14.9 Å². The van der Waals surface area contributed by atoms with Crippen LogP contribution >= 0.6 is 17.0 Å². The van der Waals surface area contributed by atoms with Crippen molar-refractivity contribution in [2.45, 2.75) is 119 Å². The van der Waals surface area contributed by atoms with Crippen molar-refractivity contribution in [3.63, 3.8) is 0 Å². The van der Waals surface area contributed by atoms with E-state index in [2.05, 4.69) is 128 Å². The van der Waals surface area contributed by atoms with Crippen molar-refractivity contribution in [1.82, 2.24) is 0 Å².